The summed E-state index contributed by atoms with van der Waals surface area (Å²) in [4.78, 5) is 12.0. The summed E-state index contributed by atoms with van der Waals surface area (Å²) in [6.07, 6.45) is 1.74. The molecule has 1 amide bonds. The molecule has 1 aromatic carbocycles. The maximum Gasteiger partial charge on any atom is 0.271 e. The fourth-order valence-electron chi connectivity index (χ4n) is 1.72. The lowest BCUT2D eigenvalue weighted by molar-refractivity contribution is 0.0940. The average molecular weight is 325 g/mol. The van der Waals surface area contributed by atoms with Gasteiger partial charge in [-0.15, -0.1) is 12.4 Å². The van der Waals surface area contributed by atoms with E-state index in [4.69, 9.17) is 10.5 Å². The molecule has 2 rings (SSSR count). The van der Waals surface area contributed by atoms with E-state index in [2.05, 4.69) is 10.4 Å². The molecule has 22 heavy (non-hydrogen) atoms. The van der Waals surface area contributed by atoms with Crippen molar-refractivity contribution < 1.29 is 9.53 Å². The summed E-state index contributed by atoms with van der Waals surface area (Å²) in [6.45, 7) is 4.09. The topological polar surface area (TPSA) is 82.2 Å². The van der Waals surface area contributed by atoms with Crippen LogP contribution < -0.4 is 15.8 Å². The molecular weight excluding hydrogens is 304 g/mol. The van der Waals surface area contributed by atoms with E-state index in [9.17, 15) is 4.79 Å². The van der Waals surface area contributed by atoms with Gasteiger partial charge in [-0.05, 0) is 44.2 Å². The maximum atomic E-state index is 12.0. The Kier molecular flexibility index (Phi) is 5.96. The third kappa shape index (κ3) is 4.75. The molecule has 0 spiro atoms. The first-order valence-corrected chi connectivity index (χ1v) is 6.66. The number of hydrogen-bond donors (Lipinski definition) is 2. The molecule has 0 atom stereocenters. The van der Waals surface area contributed by atoms with Crippen molar-refractivity contribution in [3.05, 3.63) is 42.2 Å². The number of aromatic nitrogens is 2. The Morgan fingerprint density at radius 3 is 2.50 bits per heavy atom. The molecule has 0 aliphatic carbocycles. The molecule has 0 saturated heterocycles. The van der Waals surface area contributed by atoms with Crippen molar-refractivity contribution in [1.82, 2.24) is 15.1 Å². The van der Waals surface area contributed by atoms with Gasteiger partial charge in [-0.25, -0.2) is 4.68 Å². The highest BCUT2D eigenvalue weighted by molar-refractivity contribution is 5.92. The van der Waals surface area contributed by atoms with Crippen molar-refractivity contribution in [2.24, 2.45) is 5.73 Å². The fourth-order valence-corrected chi connectivity index (χ4v) is 1.72. The van der Waals surface area contributed by atoms with Gasteiger partial charge in [0.25, 0.3) is 5.91 Å². The van der Waals surface area contributed by atoms with Gasteiger partial charge in [0.15, 0.2) is 5.69 Å². The monoisotopic (exact) mass is 324 g/mol. The van der Waals surface area contributed by atoms with Gasteiger partial charge in [0.05, 0.1) is 12.8 Å². The molecule has 3 N–H and O–H groups in total. The summed E-state index contributed by atoms with van der Waals surface area (Å²) < 4.78 is 6.75. The zero-order valence-electron chi connectivity index (χ0n) is 12.9. The summed E-state index contributed by atoms with van der Waals surface area (Å²) in [6, 6.07) is 9.09. The smallest absolute Gasteiger partial charge is 0.271 e. The summed E-state index contributed by atoms with van der Waals surface area (Å²) in [7, 11) is 1.62. The number of carbonyl (C=O) groups is 1. The van der Waals surface area contributed by atoms with E-state index in [-0.39, 0.29) is 18.3 Å². The predicted molar refractivity (Wildman–Crippen MR) is 88.0 cm³/mol. The van der Waals surface area contributed by atoms with E-state index >= 15 is 0 Å². The molecule has 0 fully saturated rings. The number of ether oxygens (including phenoxy) is 1. The Morgan fingerprint density at radius 2 is 1.95 bits per heavy atom. The zero-order valence-corrected chi connectivity index (χ0v) is 13.7. The van der Waals surface area contributed by atoms with Crippen molar-refractivity contribution in [2.45, 2.75) is 19.4 Å². The van der Waals surface area contributed by atoms with Gasteiger partial charge in [-0.3, -0.25) is 4.79 Å². The Labute approximate surface area is 136 Å². The molecule has 0 aliphatic heterocycles. The molecule has 0 saturated carbocycles. The van der Waals surface area contributed by atoms with Gasteiger partial charge in [0, 0.05) is 18.3 Å². The number of benzene rings is 1. The fraction of sp³-hybridized carbons (Fsp3) is 0.333. The third-order valence-electron chi connectivity index (χ3n) is 2.86. The normalized spacial score (nSPS) is 10.7. The average Bonchev–Trinajstić information content (AvgIpc) is 2.94. The molecule has 120 valence electrons. The van der Waals surface area contributed by atoms with Gasteiger partial charge >= 0.3 is 0 Å². The lowest BCUT2D eigenvalue weighted by atomic mass is 10.1. The van der Waals surface area contributed by atoms with Gasteiger partial charge in [0.1, 0.15) is 5.75 Å². The molecule has 0 unspecified atom stereocenters. The molecular formula is C15H21ClN4O2. The van der Waals surface area contributed by atoms with Gasteiger partial charge in [0.2, 0.25) is 0 Å². The minimum Gasteiger partial charge on any atom is -0.497 e. The molecule has 2 aromatic rings. The third-order valence-corrected chi connectivity index (χ3v) is 2.86. The van der Waals surface area contributed by atoms with E-state index in [0.29, 0.717) is 12.2 Å². The standard InChI is InChI=1S/C15H20N4O2.ClH/c1-15(2,16)10-17-14(20)13-8-9-19(18-13)11-4-6-12(21-3)7-5-11;/h4-9H,10,16H2,1-3H3,(H,17,20);1H. The lowest BCUT2D eigenvalue weighted by Gasteiger charge is -2.18. The number of nitrogens with one attached hydrogen (secondary N) is 1. The minimum atomic E-state index is -0.450. The number of hydrogen-bond acceptors (Lipinski definition) is 4. The first kappa shape index (κ1) is 18.0. The molecule has 6 nitrogen and oxygen atoms in total. The summed E-state index contributed by atoms with van der Waals surface area (Å²) in [5.74, 6) is 0.537. The van der Waals surface area contributed by atoms with Crippen LogP contribution in [0.5, 0.6) is 5.75 Å². The van der Waals surface area contributed by atoms with E-state index in [1.807, 2.05) is 38.1 Å². The van der Waals surface area contributed by atoms with Crippen molar-refractivity contribution in [1.29, 1.82) is 0 Å². The van der Waals surface area contributed by atoms with Crippen LogP contribution in [-0.2, 0) is 0 Å². The first-order chi connectivity index (χ1) is 9.89. The Balaban J connectivity index is 0.00000242. The minimum absolute atomic E-state index is 0. The molecule has 1 heterocycles. The molecule has 7 heteroatoms. The predicted octanol–water partition coefficient (Wildman–Crippen LogP) is 1.77. The number of nitrogens with zero attached hydrogens (tertiary/aromatic N) is 2. The largest absolute Gasteiger partial charge is 0.497 e. The highest BCUT2D eigenvalue weighted by Crippen LogP contribution is 2.14. The molecule has 0 aliphatic rings. The van der Waals surface area contributed by atoms with Crippen LogP contribution >= 0.6 is 12.4 Å². The SMILES string of the molecule is COc1ccc(-n2ccc(C(=O)NCC(C)(C)N)n2)cc1.Cl. The van der Waals surface area contributed by atoms with Crippen molar-refractivity contribution in [3.63, 3.8) is 0 Å². The van der Waals surface area contributed by atoms with Crippen LogP contribution in [0.25, 0.3) is 5.69 Å². The summed E-state index contributed by atoms with van der Waals surface area (Å²) in [5.41, 5.74) is 6.60. The highest BCUT2D eigenvalue weighted by atomic mass is 35.5. The number of methoxy groups -OCH3 is 1. The van der Waals surface area contributed by atoms with E-state index < -0.39 is 5.54 Å². The van der Waals surface area contributed by atoms with Crippen LogP contribution in [0, 0.1) is 0 Å². The number of rotatable bonds is 5. The molecule has 1 aromatic heterocycles. The Bertz CT molecular complexity index is 617. The quantitative estimate of drug-likeness (QED) is 0.878. The number of carbonyl (C=O) groups excluding carboxylic acids is 1. The number of amides is 1. The highest BCUT2D eigenvalue weighted by Gasteiger charge is 2.15. The van der Waals surface area contributed by atoms with Crippen molar-refractivity contribution >= 4 is 18.3 Å². The first-order valence-electron chi connectivity index (χ1n) is 6.66. The summed E-state index contributed by atoms with van der Waals surface area (Å²) >= 11 is 0. The second kappa shape index (κ2) is 7.29. The van der Waals surface area contributed by atoms with Crippen LogP contribution in [0.3, 0.4) is 0 Å². The van der Waals surface area contributed by atoms with E-state index in [0.717, 1.165) is 11.4 Å². The van der Waals surface area contributed by atoms with Gasteiger partial charge in [-0.1, -0.05) is 0 Å². The summed E-state index contributed by atoms with van der Waals surface area (Å²) in [5, 5.41) is 7.02. The van der Waals surface area contributed by atoms with Crippen molar-refractivity contribution in [3.8, 4) is 11.4 Å². The number of nitrogens with two attached hydrogens (primary N) is 1. The second-order valence-electron chi connectivity index (χ2n) is 5.51. The van der Waals surface area contributed by atoms with Gasteiger partial charge < -0.3 is 15.8 Å². The Morgan fingerprint density at radius 1 is 1.32 bits per heavy atom. The van der Waals surface area contributed by atoms with Crippen LogP contribution in [0.2, 0.25) is 0 Å². The van der Waals surface area contributed by atoms with Crippen LogP contribution in [-0.4, -0.2) is 34.9 Å². The van der Waals surface area contributed by atoms with E-state index in [1.165, 1.54) is 0 Å². The van der Waals surface area contributed by atoms with Crippen molar-refractivity contribution in [2.75, 3.05) is 13.7 Å². The molecule has 0 bridgehead atoms. The Hall–Kier alpha value is -2.05. The molecule has 0 radical (unpaired) electrons. The maximum absolute atomic E-state index is 12.0. The number of halogens is 1. The second-order valence-corrected chi connectivity index (χ2v) is 5.51. The van der Waals surface area contributed by atoms with Crippen LogP contribution in [0.15, 0.2) is 36.5 Å². The zero-order chi connectivity index (χ0) is 15.5. The lowest BCUT2D eigenvalue weighted by Crippen LogP contribution is -2.45. The van der Waals surface area contributed by atoms with Crippen LogP contribution in [0.4, 0.5) is 0 Å². The van der Waals surface area contributed by atoms with Crippen LogP contribution in [0.1, 0.15) is 24.3 Å². The van der Waals surface area contributed by atoms with Gasteiger partial charge in [-0.2, -0.15) is 5.10 Å². The van der Waals surface area contributed by atoms with E-state index in [1.54, 1.807) is 24.1 Å².